The predicted molar refractivity (Wildman–Crippen MR) is 229 cm³/mol. The van der Waals surface area contributed by atoms with Crippen molar-refractivity contribution in [3.05, 3.63) is 200 Å². The summed E-state index contributed by atoms with van der Waals surface area (Å²) in [6, 6.07) is 70.9. The molecule has 0 saturated carbocycles. The molecule has 0 unspecified atom stereocenters. The Hall–Kier alpha value is -7.36. The van der Waals surface area contributed by atoms with Crippen LogP contribution in [0.4, 0.5) is 17.1 Å². The molecule has 11 aromatic rings. The molecule has 2 heterocycles. The molecule has 0 aliphatic carbocycles. The van der Waals surface area contributed by atoms with Gasteiger partial charge in [-0.05, 0) is 105 Å². The van der Waals surface area contributed by atoms with Crippen molar-refractivity contribution in [2.75, 3.05) is 4.90 Å². The topological polar surface area (TPSA) is 29.5 Å². The SMILES string of the molecule is c1ccc(-c2ccc(N(c3ccc(-c4ccc5c(c4)oc4c6ccccc6c(-c6ccccc6)cc54)cc3)c3ccc4oc5ccccc5c4c3)cc2)cc1. The normalized spacial score (nSPS) is 11.6. The van der Waals surface area contributed by atoms with E-state index >= 15 is 0 Å². The Balaban J connectivity index is 1.00. The van der Waals surface area contributed by atoms with Crippen LogP contribution in [0.15, 0.2) is 209 Å². The van der Waals surface area contributed by atoms with Gasteiger partial charge in [-0.15, -0.1) is 0 Å². The van der Waals surface area contributed by atoms with Gasteiger partial charge in [0, 0.05) is 44.0 Å². The smallest absolute Gasteiger partial charge is 0.143 e. The number of hydrogen-bond acceptors (Lipinski definition) is 3. The summed E-state index contributed by atoms with van der Waals surface area (Å²) in [5.41, 5.74) is 13.8. The van der Waals surface area contributed by atoms with Gasteiger partial charge in [0.1, 0.15) is 22.3 Å². The maximum absolute atomic E-state index is 6.68. The predicted octanol–water partition coefficient (Wildman–Crippen LogP) is 15.1. The monoisotopic (exact) mass is 703 g/mol. The molecule has 0 aliphatic rings. The fourth-order valence-electron chi connectivity index (χ4n) is 8.17. The summed E-state index contributed by atoms with van der Waals surface area (Å²) in [7, 11) is 0. The second-order valence-electron chi connectivity index (χ2n) is 14.1. The fourth-order valence-corrected chi connectivity index (χ4v) is 8.17. The zero-order valence-corrected chi connectivity index (χ0v) is 29.8. The molecule has 0 atom stereocenters. The minimum atomic E-state index is 0.880. The molecule has 0 spiro atoms. The number of fused-ring (bicyclic) bond motifs is 8. The minimum Gasteiger partial charge on any atom is -0.456 e. The summed E-state index contributed by atoms with van der Waals surface area (Å²) >= 11 is 0. The van der Waals surface area contributed by atoms with Crippen molar-refractivity contribution in [2.24, 2.45) is 0 Å². The molecule has 0 radical (unpaired) electrons. The van der Waals surface area contributed by atoms with Crippen LogP contribution in [-0.2, 0) is 0 Å². The first kappa shape index (κ1) is 31.2. The average Bonchev–Trinajstić information content (AvgIpc) is 3.82. The molecule has 9 aromatic carbocycles. The maximum atomic E-state index is 6.68. The Morgan fingerprint density at radius 1 is 0.273 bits per heavy atom. The Morgan fingerprint density at radius 3 is 1.53 bits per heavy atom. The van der Waals surface area contributed by atoms with Gasteiger partial charge in [-0.3, -0.25) is 0 Å². The van der Waals surface area contributed by atoms with Crippen LogP contribution in [0, 0.1) is 0 Å². The Morgan fingerprint density at radius 2 is 0.800 bits per heavy atom. The first-order chi connectivity index (χ1) is 27.2. The van der Waals surface area contributed by atoms with Crippen LogP contribution in [-0.4, -0.2) is 0 Å². The molecule has 0 amide bonds. The fraction of sp³-hybridized carbons (Fsp3) is 0. The number of nitrogens with zero attached hydrogens (tertiary/aromatic N) is 1. The lowest BCUT2D eigenvalue weighted by Gasteiger charge is -2.26. The van der Waals surface area contributed by atoms with Crippen molar-refractivity contribution >= 4 is 71.7 Å². The summed E-state index contributed by atoms with van der Waals surface area (Å²) in [5, 5.41) is 6.77. The van der Waals surface area contributed by atoms with Crippen molar-refractivity contribution < 1.29 is 8.83 Å². The molecular weight excluding hydrogens is 671 g/mol. The lowest BCUT2D eigenvalue weighted by molar-refractivity contribution is 0.669. The molecule has 55 heavy (non-hydrogen) atoms. The number of benzene rings is 9. The van der Waals surface area contributed by atoms with Gasteiger partial charge in [0.2, 0.25) is 0 Å². The standard InChI is InChI=1S/C52H33NO2/c1-3-11-34(12-4-1)35-19-24-39(25-20-35)53(41-28-30-50-47(32-41)43-16-9-10-18-49(43)54-50)40-26-21-36(22-27-40)38-23-29-44-48-33-46(37-13-5-2-6-14-37)42-15-7-8-17-45(42)52(48)55-51(44)31-38/h1-33H. The summed E-state index contributed by atoms with van der Waals surface area (Å²) in [4.78, 5) is 2.32. The Labute approximate surface area is 317 Å². The molecule has 2 aromatic heterocycles. The van der Waals surface area contributed by atoms with E-state index in [0.29, 0.717) is 0 Å². The van der Waals surface area contributed by atoms with E-state index < -0.39 is 0 Å². The zero-order valence-electron chi connectivity index (χ0n) is 29.8. The van der Waals surface area contributed by atoms with Crippen molar-refractivity contribution in [1.82, 2.24) is 0 Å². The average molecular weight is 704 g/mol. The molecule has 0 saturated heterocycles. The van der Waals surface area contributed by atoms with Gasteiger partial charge in [0.05, 0.1) is 0 Å². The maximum Gasteiger partial charge on any atom is 0.143 e. The number of anilines is 3. The van der Waals surface area contributed by atoms with Crippen molar-refractivity contribution in [3.63, 3.8) is 0 Å². The van der Waals surface area contributed by atoms with E-state index in [4.69, 9.17) is 8.83 Å². The summed E-state index contributed by atoms with van der Waals surface area (Å²) in [6.45, 7) is 0. The third-order valence-corrected chi connectivity index (χ3v) is 10.9. The second-order valence-corrected chi connectivity index (χ2v) is 14.1. The van der Waals surface area contributed by atoms with Crippen LogP contribution in [0.3, 0.4) is 0 Å². The summed E-state index contributed by atoms with van der Waals surface area (Å²) < 4.78 is 12.9. The highest BCUT2D eigenvalue weighted by Gasteiger charge is 2.18. The molecule has 0 aliphatic heterocycles. The Bertz CT molecular complexity index is 3180. The van der Waals surface area contributed by atoms with Gasteiger partial charge in [0.15, 0.2) is 0 Å². The molecule has 3 heteroatoms. The lowest BCUT2D eigenvalue weighted by Crippen LogP contribution is -2.09. The second kappa shape index (κ2) is 12.6. The van der Waals surface area contributed by atoms with Gasteiger partial charge in [-0.1, -0.05) is 133 Å². The van der Waals surface area contributed by atoms with Gasteiger partial charge in [0.25, 0.3) is 0 Å². The molecular formula is C52H33NO2. The molecule has 0 N–H and O–H groups in total. The quantitative estimate of drug-likeness (QED) is 0.173. The van der Waals surface area contributed by atoms with E-state index in [0.717, 1.165) is 77.5 Å². The van der Waals surface area contributed by atoms with E-state index in [2.05, 4.69) is 193 Å². The molecule has 11 rings (SSSR count). The molecule has 0 fully saturated rings. The minimum absolute atomic E-state index is 0.880. The van der Waals surface area contributed by atoms with Crippen molar-refractivity contribution in [2.45, 2.75) is 0 Å². The zero-order chi connectivity index (χ0) is 36.3. The highest BCUT2D eigenvalue weighted by molar-refractivity contribution is 6.19. The van der Waals surface area contributed by atoms with Crippen LogP contribution in [0.1, 0.15) is 0 Å². The number of rotatable bonds is 6. The summed E-state index contributed by atoms with van der Waals surface area (Å²) in [6.07, 6.45) is 0. The van der Waals surface area contributed by atoms with Crippen LogP contribution in [0.25, 0.3) is 88.0 Å². The Kier molecular flexibility index (Phi) is 7.17. The van der Waals surface area contributed by atoms with Crippen LogP contribution in [0.2, 0.25) is 0 Å². The van der Waals surface area contributed by atoms with E-state index in [1.54, 1.807) is 0 Å². The first-order valence-electron chi connectivity index (χ1n) is 18.7. The molecule has 258 valence electrons. The lowest BCUT2D eigenvalue weighted by atomic mass is 9.95. The largest absolute Gasteiger partial charge is 0.456 e. The van der Waals surface area contributed by atoms with Gasteiger partial charge >= 0.3 is 0 Å². The molecule has 3 nitrogen and oxygen atoms in total. The highest BCUT2D eigenvalue weighted by atomic mass is 16.3. The van der Waals surface area contributed by atoms with Crippen molar-refractivity contribution in [1.29, 1.82) is 0 Å². The van der Waals surface area contributed by atoms with Crippen molar-refractivity contribution in [3.8, 4) is 33.4 Å². The number of hydrogen-bond donors (Lipinski definition) is 0. The van der Waals surface area contributed by atoms with E-state index in [-0.39, 0.29) is 0 Å². The first-order valence-corrected chi connectivity index (χ1v) is 18.7. The van der Waals surface area contributed by atoms with Gasteiger partial charge in [-0.25, -0.2) is 0 Å². The van der Waals surface area contributed by atoms with E-state index in [1.807, 2.05) is 12.1 Å². The van der Waals surface area contributed by atoms with Crippen LogP contribution >= 0.6 is 0 Å². The summed E-state index contributed by atoms with van der Waals surface area (Å²) in [5.74, 6) is 0. The van der Waals surface area contributed by atoms with Crippen LogP contribution in [0.5, 0.6) is 0 Å². The van der Waals surface area contributed by atoms with Crippen LogP contribution < -0.4 is 4.90 Å². The number of furan rings is 2. The highest BCUT2D eigenvalue weighted by Crippen LogP contribution is 2.42. The van der Waals surface area contributed by atoms with E-state index in [1.165, 1.54) is 27.6 Å². The van der Waals surface area contributed by atoms with Gasteiger partial charge in [-0.2, -0.15) is 0 Å². The number of para-hydroxylation sites is 1. The third-order valence-electron chi connectivity index (χ3n) is 10.9. The van der Waals surface area contributed by atoms with E-state index in [9.17, 15) is 0 Å². The molecule has 0 bridgehead atoms. The third kappa shape index (κ3) is 5.28. The van der Waals surface area contributed by atoms with Gasteiger partial charge < -0.3 is 13.7 Å².